The van der Waals surface area contributed by atoms with Crippen LogP contribution < -0.4 is 21.5 Å². The Kier molecular flexibility index (Phi) is 7.92. The first-order chi connectivity index (χ1) is 12.5. The minimum atomic E-state index is -0.453. The zero-order valence-corrected chi connectivity index (χ0v) is 15.3. The van der Waals surface area contributed by atoms with Crippen molar-refractivity contribution in [1.29, 1.82) is 0 Å². The summed E-state index contributed by atoms with van der Waals surface area (Å²) >= 11 is 0. The van der Waals surface area contributed by atoms with Gasteiger partial charge in [0.15, 0.2) is 0 Å². The van der Waals surface area contributed by atoms with Crippen molar-refractivity contribution in [2.45, 2.75) is 45.4 Å². The highest BCUT2D eigenvalue weighted by atomic mass is 16.2. The van der Waals surface area contributed by atoms with Crippen molar-refractivity contribution in [3.05, 3.63) is 29.8 Å². The molecule has 7 heteroatoms. The molecular weight excluding hydrogens is 332 g/mol. The normalized spacial score (nSPS) is 14.3. The largest absolute Gasteiger partial charge is 0.376 e. The van der Waals surface area contributed by atoms with Crippen LogP contribution in [0.15, 0.2) is 24.3 Å². The van der Waals surface area contributed by atoms with E-state index in [-0.39, 0.29) is 24.9 Å². The first kappa shape index (κ1) is 19.8. The Morgan fingerprint density at radius 1 is 0.885 bits per heavy atom. The van der Waals surface area contributed by atoms with Crippen molar-refractivity contribution in [2.24, 2.45) is 5.92 Å². The maximum absolute atomic E-state index is 11.8. The maximum Gasteiger partial charge on any atom is 0.257 e. The lowest BCUT2D eigenvalue weighted by Gasteiger charge is -2.20. The van der Waals surface area contributed by atoms with Gasteiger partial charge in [0.05, 0.1) is 13.1 Å². The number of amides is 3. The van der Waals surface area contributed by atoms with Gasteiger partial charge in [-0.15, -0.1) is 0 Å². The highest BCUT2D eigenvalue weighted by Crippen LogP contribution is 2.25. The summed E-state index contributed by atoms with van der Waals surface area (Å²) in [6, 6.07) is 7.64. The molecule has 0 spiro atoms. The van der Waals surface area contributed by atoms with E-state index in [4.69, 9.17) is 0 Å². The quantitative estimate of drug-likeness (QED) is 0.556. The lowest BCUT2D eigenvalue weighted by molar-refractivity contribution is -0.129. The van der Waals surface area contributed by atoms with Crippen LogP contribution in [-0.2, 0) is 14.4 Å². The third-order valence-corrected chi connectivity index (χ3v) is 4.49. The van der Waals surface area contributed by atoms with E-state index in [0.717, 1.165) is 24.1 Å². The van der Waals surface area contributed by atoms with Crippen LogP contribution in [0.3, 0.4) is 0 Å². The van der Waals surface area contributed by atoms with Gasteiger partial charge in [-0.3, -0.25) is 25.2 Å². The van der Waals surface area contributed by atoms with Gasteiger partial charge in [0.25, 0.3) is 11.8 Å². The molecule has 1 aliphatic carbocycles. The highest BCUT2D eigenvalue weighted by molar-refractivity contribution is 5.87. The number of hydrogen-bond acceptors (Lipinski definition) is 4. The number of nitrogens with one attached hydrogen (secondary N) is 4. The maximum atomic E-state index is 11.8. The molecule has 0 aliphatic heterocycles. The van der Waals surface area contributed by atoms with E-state index < -0.39 is 5.91 Å². The van der Waals surface area contributed by atoms with E-state index in [1.807, 2.05) is 31.2 Å². The van der Waals surface area contributed by atoms with Crippen molar-refractivity contribution < 1.29 is 14.4 Å². The van der Waals surface area contributed by atoms with Crippen molar-refractivity contribution in [1.82, 2.24) is 16.2 Å². The minimum Gasteiger partial charge on any atom is -0.376 e. The van der Waals surface area contributed by atoms with Crippen LogP contribution in [0, 0.1) is 12.8 Å². The van der Waals surface area contributed by atoms with Gasteiger partial charge < -0.3 is 10.6 Å². The molecule has 142 valence electrons. The molecule has 0 atom stereocenters. The number of aryl methyl sites for hydroxylation is 1. The standard InChI is InChI=1S/C19H28N4O3/c1-14-7-9-16(10-8-14)20-12-18(25)22-23-19(26)13-21-17(24)11-15-5-3-2-4-6-15/h7-10,15,20H,2-6,11-13H2,1H3,(H,21,24)(H,22,25)(H,23,26). The highest BCUT2D eigenvalue weighted by Gasteiger charge is 2.17. The minimum absolute atomic E-state index is 0.0391. The Hall–Kier alpha value is -2.57. The zero-order chi connectivity index (χ0) is 18.8. The lowest BCUT2D eigenvalue weighted by atomic mass is 9.87. The molecule has 1 fully saturated rings. The SMILES string of the molecule is Cc1ccc(NCC(=O)NNC(=O)CNC(=O)CC2CCCCC2)cc1. The smallest absolute Gasteiger partial charge is 0.257 e. The fourth-order valence-electron chi connectivity index (χ4n) is 2.99. The van der Waals surface area contributed by atoms with Gasteiger partial charge in [0.2, 0.25) is 5.91 Å². The molecule has 1 aromatic rings. The number of benzene rings is 1. The molecule has 26 heavy (non-hydrogen) atoms. The third-order valence-electron chi connectivity index (χ3n) is 4.49. The van der Waals surface area contributed by atoms with Gasteiger partial charge >= 0.3 is 0 Å². The van der Waals surface area contributed by atoms with Gasteiger partial charge in [-0.2, -0.15) is 0 Å². The van der Waals surface area contributed by atoms with Gasteiger partial charge in [-0.1, -0.05) is 37.0 Å². The first-order valence-electron chi connectivity index (χ1n) is 9.18. The summed E-state index contributed by atoms with van der Waals surface area (Å²) < 4.78 is 0. The predicted molar refractivity (Wildman–Crippen MR) is 100 cm³/mol. The van der Waals surface area contributed by atoms with Crippen LogP contribution in [0.4, 0.5) is 5.69 Å². The molecule has 0 radical (unpaired) electrons. The average Bonchev–Trinajstić information content (AvgIpc) is 2.65. The van der Waals surface area contributed by atoms with Gasteiger partial charge in [0.1, 0.15) is 0 Å². The summed E-state index contributed by atoms with van der Waals surface area (Å²) in [5, 5.41) is 5.56. The predicted octanol–water partition coefficient (Wildman–Crippen LogP) is 1.64. The second-order valence-corrected chi connectivity index (χ2v) is 6.80. The molecule has 0 unspecified atom stereocenters. The first-order valence-corrected chi connectivity index (χ1v) is 9.18. The Balaban J connectivity index is 1.56. The Labute approximate surface area is 154 Å². The summed E-state index contributed by atoms with van der Waals surface area (Å²) in [6.45, 7) is 1.88. The van der Waals surface area contributed by atoms with E-state index in [2.05, 4.69) is 21.5 Å². The Morgan fingerprint density at radius 2 is 1.50 bits per heavy atom. The molecule has 0 aromatic heterocycles. The lowest BCUT2D eigenvalue weighted by Crippen LogP contribution is -2.48. The number of hydrazine groups is 1. The van der Waals surface area contributed by atoms with Crippen LogP contribution in [0.5, 0.6) is 0 Å². The fourth-order valence-corrected chi connectivity index (χ4v) is 2.99. The number of carbonyl (C=O) groups is 3. The second kappa shape index (κ2) is 10.4. The molecule has 1 saturated carbocycles. The summed E-state index contributed by atoms with van der Waals surface area (Å²) in [5.74, 6) is -0.503. The van der Waals surface area contributed by atoms with Gasteiger partial charge in [-0.05, 0) is 37.8 Å². The molecule has 1 aromatic carbocycles. The average molecular weight is 360 g/mol. The molecule has 0 saturated heterocycles. The number of carbonyl (C=O) groups excluding carboxylic acids is 3. The van der Waals surface area contributed by atoms with Crippen molar-refractivity contribution in [3.8, 4) is 0 Å². The molecule has 3 amide bonds. The zero-order valence-electron chi connectivity index (χ0n) is 15.3. The van der Waals surface area contributed by atoms with Gasteiger partial charge in [-0.25, -0.2) is 0 Å². The molecule has 2 rings (SSSR count). The van der Waals surface area contributed by atoms with Gasteiger partial charge in [0, 0.05) is 12.1 Å². The molecule has 0 bridgehead atoms. The van der Waals surface area contributed by atoms with Crippen LogP contribution in [0.1, 0.15) is 44.1 Å². The summed E-state index contributed by atoms with van der Waals surface area (Å²) in [4.78, 5) is 35.3. The number of anilines is 1. The van der Waals surface area contributed by atoms with Crippen molar-refractivity contribution in [2.75, 3.05) is 18.4 Å². The topological polar surface area (TPSA) is 99.3 Å². The summed E-state index contributed by atoms with van der Waals surface area (Å²) in [7, 11) is 0. The number of rotatable bonds is 7. The second-order valence-electron chi connectivity index (χ2n) is 6.80. The molecule has 4 N–H and O–H groups in total. The molecule has 7 nitrogen and oxygen atoms in total. The van der Waals surface area contributed by atoms with Crippen LogP contribution in [0.25, 0.3) is 0 Å². The van der Waals surface area contributed by atoms with Crippen LogP contribution >= 0.6 is 0 Å². The van der Waals surface area contributed by atoms with Crippen LogP contribution in [0.2, 0.25) is 0 Å². The summed E-state index contributed by atoms with van der Waals surface area (Å²) in [5.41, 5.74) is 6.57. The van der Waals surface area contributed by atoms with E-state index in [1.54, 1.807) is 0 Å². The third kappa shape index (κ3) is 7.55. The van der Waals surface area contributed by atoms with E-state index in [1.165, 1.54) is 19.3 Å². The Bertz CT molecular complexity index is 610. The number of hydrogen-bond donors (Lipinski definition) is 4. The Morgan fingerprint density at radius 3 is 2.15 bits per heavy atom. The van der Waals surface area contributed by atoms with Crippen LogP contribution in [-0.4, -0.2) is 30.8 Å². The monoisotopic (exact) mass is 360 g/mol. The van der Waals surface area contributed by atoms with Crippen molar-refractivity contribution >= 4 is 23.4 Å². The van der Waals surface area contributed by atoms with E-state index >= 15 is 0 Å². The summed E-state index contributed by atoms with van der Waals surface area (Å²) in [6.07, 6.45) is 6.26. The molecular formula is C19H28N4O3. The van der Waals surface area contributed by atoms with E-state index in [0.29, 0.717) is 12.3 Å². The fraction of sp³-hybridized carbons (Fsp3) is 0.526. The molecule has 1 aliphatic rings. The van der Waals surface area contributed by atoms with Crippen molar-refractivity contribution in [3.63, 3.8) is 0 Å². The molecule has 0 heterocycles. The van der Waals surface area contributed by atoms with E-state index in [9.17, 15) is 14.4 Å².